The summed E-state index contributed by atoms with van der Waals surface area (Å²) in [6.07, 6.45) is -1.90. The van der Waals surface area contributed by atoms with Gasteiger partial charge in [-0.2, -0.15) is 13.2 Å². The molecule has 0 unspecified atom stereocenters. The fraction of sp³-hybridized carbons (Fsp3) is 0.375. The quantitative estimate of drug-likeness (QED) is 0.454. The van der Waals surface area contributed by atoms with Crippen LogP contribution in [0.1, 0.15) is 50.6 Å². The number of rotatable bonds is 3. The van der Waals surface area contributed by atoms with Gasteiger partial charge in [0.1, 0.15) is 0 Å². The molecule has 2 aromatic rings. The van der Waals surface area contributed by atoms with E-state index in [-0.39, 0.29) is 16.6 Å². The van der Waals surface area contributed by atoms with Crippen LogP contribution in [0.5, 0.6) is 0 Å². The number of alkyl halides is 3. The first-order chi connectivity index (χ1) is 11.1. The third kappa shape index (κ3) is 3.40. The first-order valence-electron chi connectivity index (χ1n) is 7.22. The predicted octanol–water partition coefficient (Wildman–Crippen LogP) is 5.38. The van der Waals surface area contributed by atoms with Gasteiger partial charge in [0.05, 0.1) is 27.7 Å². The molecular formula is C16H17ClF3N3O. The van der Waals surface area contributed by atoms with E-state index in [1.165, 1.54) is 4.40 Å². The number of allylic oxidation sites excluding steroid dienone is 1. The van der Waals surface area contributed by atoms with Crippen molar-refractivity contribution < 1.29 is 18.4 Å². The summed E-state index contributed by atoms with van der Waals surface area (Å²) < 4.78 is 40.6. The Balaban J connectivity index is 2.84. The monoisotopic (exact) mass is 359 g/mol. The number of halogens is 4. The normalized spacial score (nSPS) is 14.0. The van der Waals surface area contributed by atoms with Gasteiger partial charge in [-0.1, -0.05) is 30.6 Å². The van der Waals surface area contributed by atoms with Gasteiger partial charge in [-0.05, 0) is 37.5 Å². The second kappa shape index (κ2) is 6.47. The number of nitrogens with zero attached hydrogens (tertiary/aromatic N) is 3. The van der Waals surface area contributed by atoms with E-state index in [1.807, 2.05) is 13.8 Å². The standard InChI is InChI=1S/C16H17ClF3N3O/c1-8(2)14-13(5-9(3)10(4)22-24)23-7-11(16(18,19)20)6-12(17)15(23)21-14/h5-8,24H,1-4H3/b9-5-,22-10+. The first-order valence-corrected chi connectivity index (χ1v) is 7.60. The van der Waals surface area contributed by atoms with Crippen LogP contribution in [0.2, 0.25) is 5.02 Å². The maximum Gasteiger partial charge on any atom is 0.417 e. The Kier molecular flexibility index (Phi) is 4.94. The maximum atomic E-state index is 13.1. The van der Waals surface area contributed by atoms with Crippen molar-refractivity contribution in [2.45, 2.75) is 39.8 Å². The number of imidazole rings is 1. The zero-order chi connectivity index (χ0) is 18.2. The van der Waals surface area contributed by atoms with E-state index < -0.39 is 11.7 Å². The summed E-state index contributed by atoms with van der Waals surface area (Å²) in [5.74, 6) is -0.0271. The van der Waals surface area contributed by atoms with Crippen LogP contribution in [-0.4, -0.2) is 20.3 Å². The number of aromatic nitrogens is 2. The van der Waals surface area contributed by atoms with Crippen LogP contribution in [0.4, 0.5) is 13.2 Å². The highest BCUT2D eigenvalue weighted by Crippen LogP contribution is 2.34. The second-order valence-electron chi connectivity index (χ2n) is 5.82. The molecule has 2 rings (SSSR count). The predicted molar refractivity (Wildman–Crippen MR) is 87.8 cm³/mol. The molecule has 0 saturated carbocycles. The molecule has 0 bridgehead atoms. The van der Waals surface area contributed by atoms with Gasteiger partial charge in [-0.15, -0.1) is 0 Å². The van der Waals surface area contributed by atoms with Crippen LogP contribution >= 0.6 is 11.6 Å². The highest BCUT2D eigenvalue weighted by molar-refractivity contribution is 6.33. The van der Waals surface area contributed by atoms with Crippen molar-refractivity contribution in [3.8, 4) is 0 Å². The highest BCUT2D eigenvalue weighted by atomic mass is 35.5. The molecule has 0 spiro atoms. The van der Waals surface area contributed by atoms with Gasteiger partial charge < -0.3 is 5.21 Å². The van der Waals surface area contributed by atoms with Crippen LogP contribution in [0.25, 0.3) is 11.7 Å². The third-order valence-corrected chi connectivity index (χ3v) is 3.97. The largest absolute Gasteiger partial charge is 0.417 e. The highest BCUT2D eigenvalue weighted by Gasteiger charge is 2.32. The van der Waals surface area contributed by atoms with Crippen LogP contribution < -0.4 is 0 Å². The number of pyridine rings is 1. The lowest BCUT2D eigenvalue weighted by Crippen LogP contribution is -2.07. The molecule has 0 amide bonds. The third-order valence-electron chi connectivity index (χ3n) is 3.69. The van der Waals surface area contributed by atoms with E-state index in [9.17, 15) is 13.2 Å². The molecule has 2 aromatic heterocycles. The van der Waals surface area contributed by atoms with Gasteiger partial charge in [0, 0.05) is 6.20 Å². The van der Waals surface area contributed by atoms with E-state index in [2.05, 4.69) is 10.1 Å². The molecular weight excluding hydrogens is 343 g/mol. The lowest BCUT2D eigenvalue weighted by atomic mass is 10.1. The molecule has 0 radical (unpaired) electrons. The Morgan fingerprint density at radius 2 is 2.00 bits per heavy atom. The molecule has 0 aliphatic heterocycles. The Bertz CT molecular complexity index is 835. The Labute approximate surface area is 142 Å². The summed E-state index contributed by atoms with van der Waals surface area (Å²) in [7, 11) is 0. The van der Waals surface area contributed by atoms with Gasteiger partial charge in [0.25, 0.3) is 0 Å². The molecule has 8 heteroatoms. The molecule has 0 aliphatic carbocycles. The SMILES string of the molecule is CC(=C/c1c(C(C)C)nc2c(Cl)cc(C(F)(F)F)cn12)/C(C)=N/O. The lowest BCUT2D eigenvalue weighted by Gasteiger charge is -2.10. The van der Waals surface area contributed by atoms with Gasteiger partial charge in [0.2, 0.25) is 0 Å². The van der Waals surface area contributed by atoms with Crippen molar-refractivity contribution in [1.82, 2.24) is 9.38 Å². The van der Waals surface area contributed by atoms with Crippen molar-refractivity contribution >= 4 is 29.0 Å². The average molecular weight is 360 g/mol. The van der Waals surface area contributed by atoms with Crippen molar-refractivity contribution in [3.05, 3.63) is 39.8 Å². The fourth-order valence-electron chi connectivity index (χ4n) is 2.25. The minimum absolute atomic E-state index is 0.0271. The minimum Gasteiger partial charge on any atom is -0.411 e. The molecule has 2 heterocycles. The summed E-state index contributed by atoms with van der Waals surface area (Å²) in [6.45, 7) is 7.08. The zero-order valence-corrected chi connectivity index (χ0v) is 14.4. The van der Waals surface area contributed by atoms with Gasteiger partial charge in [-0.25, -0.2) is 4.98 Å². The minimum atomic E-state index is -4.52. The maximum absolute atomic E-state index is 13.1. The second-order valence-corrected chi connectivity index (χ2v) is 6.23. The van der Waals surface area contributed by atoms with E-state index in [1.54, 1.807) is 19.9 Å². The van der Waals surface area contributed by atoms with E-state index in [4.69, 9.17) is 16.8 Å². The van der Waals surface area contributed by atoms with Crippen molar-refractivity contribution in [2.75, 3.05) is 0 Å². The Hall–Kier alpha value is -2.02. The number of oxime groups is 1. The van der Waals surface area contributed by atoms with Gasteiger partial charge >= 0.3 is 6.18 Å². The molecule has 24 heavy (non-hydrogen) atoms. The van der Waals surface area contributed by atoms with Crippen molar-refractivity contribution in [1.29, 1.82) is 0 Å². The molecule has 0 atom stereocenters. The topological polar surface area (TPSA) is 49.9 Å². The molecule has 130 valence electrons. The van der Waals surface area contributed by atoms with Crippen LogP contribution in [-0.2, 0) is 6.18 Å². The first kappa shape index (κ1) is 18.3. The fourth-order valence-corrected chi connectivity index (χ4v) is 2.50. The van der Waals surface area contributed by atoms with E-state index >= 15 is 0 Å². The molecule has 0 saturated heterocycles. The van der Waals surface area contributed by atoms with Crippen molar-refractivity contribution in [2.24, 2.45) is 5.16 Å². The van der Waals surface area contributed by atoms with Gasteiger partial charge in [0.15, 0.2) is 5.65 Å². The van der Waals surface area contributed by atoms with Crippen LogP contribution in [0, 0.1) is 0 Å². The number of fused-ring (bicyclic) bond motifs is 1. The Morgan fingerprint density at radius 1 is 1.38 bits per heavy atom. The number of hydrogen-bond donors (Lipinski definition) is 1. The van der Waals surface area contributed by atoms with Crippen LogP contribution in [0.3, 0.4) is 0 Å². The molecule has 0 aliphatic rings. The number of hydrogen-bond acceptors (Lipinski definition) is 3. The summed E-state index contributed by atoms with van der Waals surface area (Å²) in [4.78, 5) is 4.39. The summed E-state index contributed by atoms with van der Waals surface area (Å²) in [5, 5.41) is 11.9. The molecule has 4 nitrogen and oxygen atoms in total. The summed E-state index contributed by atoms with van der Waals surface area (Å²) in [6, 6.07) is 0.870. The van der Waals surface area contributed by atoms with Crippen molar-refractivity contribution in [3.63, 3.8) is 0 Å². The summed E-state index contributed by atoms with van der Waals surface area (Å²) >= 11 is 6.02. The average Bonchev–Trinajstić information content (AvgIpc) is 2.85. The Morgan fingerprint density at radius 3 is 2.50 bits per heavy atom. The zero-order valence-electron chi connectivity index (χ0n) is 13.6. The molecule has 0 fully saturated rings. The summed E-state index contributed by atoms with van der Waals surface area (Å²) in [5.41, 5.74) is 1.46. The van der Waals surface area contributed by atoms with Crippen LogP contribution in [0.15, 0.2) is 23.0 Å². The molecule has 1 N–H and O–H groups in total. The van der Waals surface area contributed by atoms with Gasteiger partial charge in [-0.3, -0.25) is 4.40 Å². The molecule has 0 aromatic carbocycles. The van der Waals surface area contributed by atoms with E-state index in [0.29, 0.717) is 22.7 Å². The smallest absolute Gasteiger partial charge is 0.411 e. The lowest BCUT2D eigenvalue weighted by molar-refractivity contribution is -0.137. The van der Waals surface area contributed by atoms with E-state index in [0.717, 1.165) is 12.3 Å².